The first-order valence-electron chi connectivity index (χ1n) is 5.78. The van der Waals surface area contributed by atoms with E-state index in [1.165, 1.54) is 17.0 Å². The largest absolute Gasteiger partial charge is 0.250 e. The van der Waals surface area contributed by atoms with Gasteiger partial charge in [-0.25, -0.2) is 4.39 Å². The number of hydrogen-bond acceptors (Lipinski definition) is 3. The number of nitrogens with zero attached hydrogens (tertiary/aromatic N) is 3. The fraction of sp³-hybridized carbons (Fsp3) is 0.250. The Morgan fingerprint density at radius 3 is 3.05 bits per heavy atom. The van der Waals surface area contributed by atoms with Gasteiger partial charge >= 0.3 is 0 Å². The lowest BCUT2D eigenvalue weighted by Gasteiger charge is -2.01. The third-order valence-electron chi connectivity index (χ3n) is 2.49. The minimum absolute atomic E-state index is 0.231. The molecule has 0 spiro atoms. The summed E-state index contributed by atoms with van der Waals surface area (Å²) in [6.07, 6.45) is 2.99. The van der Waals surface area contributed by atoms with E-state index in [2.05, 4.69) is 15.3 Å². The highest BCUT2D eigenvalue weighted by Crippen LogP contribution is 2.16. The molecule has 1 heterocycles. The van der Waals surface area contributed by atoms with E-state index < -0.39 is 5.82 Å². The fourth-order valence-electron chi connectivity index (χ4n) is 1.58. The van der Waals surface area contributed by atoms with Crippen molar-refractivity contribution in [3.8, 4) is 0 Å². The van der Waals surface area contributed by atoms with Crippen LogP contribution in [0.1, 0.15) is 24.7 Å². The lowest BCUT2D eigenvalue weighted by atomic mass is 10.2. The van der Waals surface area contributed by atoms with Gasteiger partial charge in [-0.15, -0.1) is 0 Å². The molecule has 0 saturated carbocycles. The van der Waals surface area contributed by atoms with Crippen LogP contribution in [0.2, 0.25) is 5.02 Å². The van der Waals surface area contributed by atoms with Gasteiger partial charge in [0.15, 0.2) is 5.82 Å². The smallest absolute Gasteiger partial charge is 0.216 e. The normalized spacial score (nSPS) is 11.3. The highest BCUT2D eigenvalue weighted by Gasteiger charge is 2.06. The van der Waals surface area contributed by atoms with Crippen LogP contribution < -0.4 is 0 Å². The number of aromatic amines is 1. The van der Waals surface area contributed by atoms with E-state index in [1.54, 1.807) is 12.1 Å². The molecule has 0 amide bonds. The molecule has 0 aliphatic heterocycles. The first kappa shape index (κ1) is 13.9. The van der Waals surface area contributed by atoms with Gasteiger partial charge in [0.2, 0.25) is 4.77 Å². The highest BCUT2D eigenvalue weighted by molar-refractivity contribution is 7.71. The van der Waals surface area contributed by atoms with Crippen molar-refractivity contribution in [1.29, 1.82) is 0 Å². The topological polar surface area (TPSA) is 46.0 Å². The third-order valence-corrected chi connectivity index (χ3v) is 3.09. The molecule has 0 radical (unpaired) electrons. The molecule has 0 aliphatic rings. The zero-order valence-corrected chi connectivity index (χ0v) is 11.8. The predicted octanol–water partition coefficient (Wildman–Crippen LogP) is 3.57. The zero-order chi connectivity index (χ0) is 13.8. The number of hydrogen-bond donors (Lipinski definition) is 1. The monoisotopic (exact) mass is 298 g/mol. The number of rotatable bonds is 4. The molecule has 1 aromatic heterocycles. The van der Waals surface area contributed by atoms with Gasteiger partial charge in [0.1, 0.15) is 5.82 Å². The molecule has 0 saturated heterocycles. The van der Waals surface area contributed by atoms with Crippen LogP contribution in [0.4, 0.5) is 4.39 Å². The molecule has 7 heteroatoms. The minimum atomic E-state index is -0.427. The number of nitrogens with one attached hydrogen (secondary N) is 1. The maximum Gasteiger partial charge on any atom is 0.216 e. The molecule has 0 atom stereocenters. The number of halogens is 2. The van der Waals surface area contributed by atoms with E-state index in [9.17, 15) is 4.39 Å². The quantitative estimate of drug-likeness (QED) is 0.693. The summed E-state index contributed by atoms with van der Waals surface area (Å²) in [4.78, 5) is 0. The number of benzene rings is 1. The molecule has 19 heavy (non-hydrogen) atoms. The van der Waals surface area contributed by atoms with Crippen LogP contribution >= 0.6 is 23.8 Å². The maximum atomic E-state index is 13.6. The third kappa shape index (κ3) is 3.08. The zero-order valence-electron chi connectivity index (χ0n) is 10.2. The molecule has 0 aliphatic carbocycles. The molecule has 4 nitrogen and oxygen atoms in total. The van der Waals surface area contributed by atoms with Crippen molar-refractivity contribution in [2.45, 2.75) is 19.8 Å². The molecule has 2 aromatic rings. The average molecular weight is 299 g/mol. The van der Waals surface area contributed by atoms with E-state index >= 15 is 0 Å². The van der Waals surface area contributed by atoms with Crippen molar-refractivity contribution < 1.29 is 4.39 Å². The van der Waals surface area contributed by atoms with Crippen LogP contribution in [-0.2, 0) is 6.42 Å². The summed E-state index contributed by atoms with van der Waals surface area (Å²) in [7, 11) is 0. The summed E-state index contributed by atoms with van der Waals surface area (Å²) in [5.74, 6) is 0.277. The standard InChI is InChI=1S/C12H12ClFN4S/c1-2-4-11-16-17-12(19)18(11)15-7-8-9(13)5-3-6-10(8)14/h3,5-7H,2,4H2,1H3,(H,17,19). The molecule has 2 rings (SSSR count). The molecule has 1 aromatic carbocycles. The second-order valence-electron chi connectivity index (χ2n) is 3.89. The Balaban J connectivity index is 2.38. The maximum absolute atomic E-state index is 13.6. The average Bonchev–Trinajstić information content (AvgIpc) is 2.71. The number of H-pyrrole nitrogens is 1. The predicted molar refractivity (Wildman–Crippen MR) is 75.8 cm³/mol. The Kier molecular flexibility index (Phi) is 4.44. The van der Waals surface area contributed by atoms with Crippen LogP contribution in [0.5, 0.6) is 0 Å². The Morgan fingerprint density at radius 2 is 2.37 bits per heavy atom. The number of aryl methyl sites for hydroxylation is 1. The van der Waals surface area contributed by atoms with Gasteiger partial charge in [-0.05, 0) is 30.8 Å². The molecule has 0 unspecified atom stereocenters. The SMILES string of the molecule is CCCc1n[nH]c(=S)n1N=Cc1c(F)cccc1Cl. The lowest BCUT2D eigenvalue weighted by molar-refractivity contribution is 0.625. The van der Waals surface area contributed by atoms with Crippen molar-refractivity contribution in [3.05, 3.63) is 45.2 Å². The molecule has 0 fully saturated rings. The summed E-state index contributed by atoms with van der Waals surface area (Å²) in [5.41, 5.74) is 0.231. The lowest BCUT2D eigenvalue weighted by Crippen LogP contribution is -1.99. The van der Waals surface area contributed by atoms with Gasteiger partial charge in [0.05, 0.1) is 11.2 Å². The van der Waals surface area contributed by atoms with Gasteiger partial charge in [-0.1, -0.05) is 24.6 Å². The Labute approximate surface area is 119 Å². The Hall–Kier alpha value is -1.53. The molecule has 0 bridgehead atoms. The van der Waals surface area contributed by atoms with Gasteiger partial charge in [0, 0.05) is 12.0 Å². The molecular weight excluding hydrogens is 287 g/mol. The second-order valence-corrected chi connectivity index (χ2v) is 4.68. The van der Waals surface area contributed by atoms with Crippen molar-refractivity contribution in [1.82, 2.24) is 14.9 Å². The minimum Gasteiger partial charge on any atom is -0.250 e. The Morgan fingerprint density at radius 1 is 1.58 bits per heavy atom. The molecule has 1 N–H and O–H groups in total. The van der Waals surface area contributed by atoms with Crippen molar-refractivity contribution >= 4 is 30.0 Å². The van der Waals surface area contributed by atoms with Crippen LogP contribution in [0.15, 0.2) is 23.3 Å². The molecule has 100 valence electrons. The van der Waals surface area contributed by atoms with Crippen molar-refractivity contribution in [2.75, 3.05) is 0 Å². The van der Waals surface area contributed by atoms with Crippen LogP contribution in [0.3, 0.4) is 0 Å². The van der Waals surface area contributed by atoms with Crippen molar-refractivity contribution in [2.24, 2.45) is 5.10 Å². The fourth-order valence-corrected chi connectivity index (χ4v) is 1.99. The van der Waals surface area contributed by atoms with Crippen molar-refractivity contribution in [3.63, 3.8) is 0 Å². The van der Waals surface area contributed by atoms with Gasteiger partial charge in [0.25, 0.3) is 0 Å². The summed E-state index contributed by atoms with van der Waals surface area (Å²) in [6, 6.07) is 4.48. The Bertz CT molecular complexity index is 642. The van der Waals surface area contributed by atoms with Gasteiger partial charge in [-0.3, -0.25) is 5.10 Å². The first-order valence-corrected chi connectivity index (χ1v) is 6.56. The summed E-state index contributed by atoms with van der Waals surface area (Å²) < 4.78 is 15.4. The summed E-state index contributed by atoms with van der Waals surface area (Å²) in [6.45, 7) is 2.03. The van der Waals surface area contributed by atoms with Gasteiger partial charge < -0.3 is 0 Å². The summed E-state index contributed by atoms with van der Waals surface area (Å²) in [5, 5.41) is 11.2. The van der Waals surface area contributed by atoms with E-state index in [0.717, 1.165) is 12.8 Å². The van der Waals surface area contributed by atoms with E-state index in [4.69, 9.17) is 23.8 Å². The first-order chi connectivity index (χ1) is 9.13. The van der Waals surface area contributed by atoms with Crippen LogP contribution in [0, 0.1) is 10.6 Å². The highest BCUT2D eigenvalue weighted by atomic mass is 35.5. The van der Waals surface area contributed by atoms with Crippen LogP contribution in [0.25, 0.3) is 0 Å². The van der Waals surface area contributed by atoms with E-state index in [0.29, 0.717) is 15.6 Å². The number of aromatic nitrogens is 3. The van der Waals surface area contributed by atoms with Crippen LogP contribution in [-0.4, -0.2) is 21.1 Å². The summed E-state index contributed by atoms with van der Waals surface area (Å²) >= 11 is 11.0. The second kappa shape index (κ2) is 6.08. The van der Waals surface area contributed by atoms with E-state index in [-0.39, 0.29) is 5.56 Å². The van der Waals surface area contributed by atoms with E-state index in [1.807, 2.05) is 6.92 Å². The van der Waals surface area contributed by atoms with Gasteiger partial charge in [-0.2, -0.15) is 14.9 Å². The molecular formula is C12H12ClFN4S.